The van der Waals surface area contributed by atoms with Gasteiger partial charge in [-0.1, -0.05) is 11.6 Å². The number of amides is 2. The minimum absolute atomic E-state index is 0.139. The predicted molar refractivity (Wildman–Crippen MR) is 80.7 cm³/mol. The van der Waals surface area contributed by atoms with Crippen molar-refractivity contribution in [3.63, 3.8) is 0 Å². The van der Waals surface area contributed by atoms with Crippen LogP contribution in [0, 0.1) is 0 Å². The summed E-state index contributed by atoms with van der Waals surface area (Å²) in [5, 5.41) is 5.67. The molecule has 2 amide bonds. The molecule has 0 bridgehead atoms. The van der Waals surface area contributed by atoms with E-state index >= 15 is 0 Å². The van der Waals surface area contributed by atoms with Crippen LogP contribution in [0.5, 0.6) is 0 Å². The second kappa shape index (κ2) is 7.73. The molecule has 1 aromatic carbocycles. The van der Waals surface area contributed by atoms with Crippen LogP contribution in [0.4, 0.5) is 15.3 Å². The lowest BCUT2D eigenvalue weighted by Crippen LogP contribution is -2.42. The molecule has 116 valence electrons. The molecule has 0 spiro atoms. The highest BCUT2D eigenvalue weighted by atomic mass is 35.5. The molecule has 0 atom stereocenters. The number of benzene rings is 1. The fourth-order valence-electron chi connectivity index (χ4n) is 1.43. The van der Waals surface area contributed by atoms with Crippen LogP contribution in [0.15, 0.2) is 24.3 Å². The van der Waals surface area contributed by atoms with Crippen molar-refractivity contribution in [2.45, 2.75) is 26.4 Å². The van der Waals surface area contributed by atoms with Crippen molar-refractivity contribution in [2.24, 2.45) is 0 Å². The predicted octanol–water partition coefficient (Wildman–Crippen LogP) is 3.41. The van der Waals surface area contributed by atoms with E-state index in [0.717, 1.165) is 0 Å². The lowest BCUT2D eigenvalue weighted by atomic mass is 10.1. The molecule has 7 heteroatoms. The van der Waals surface area contributed by atoms with Crippen molar-refractivity contribution in [3.8, 4) is 0 Å². The van der Waals surface area contributed by atoms with Gasteiger partial charge in [0, 0.05) is 10.7 Å². The number of carbonyl (C=O) groups excluding carboxylic acids is 2. The van der Waals surface area contributed by atoms with Crippen molar-refractivity contribution < 1.29 is 19.1 Å². The Morgan fingerprint density at radius 1 is 1.19 bits per heavy atom. The number of carbonyl (C=O) groups is 2. The molecular weight excluding hydrogens is 296 g/mol. The normalized spacial score (nSPS) is 10.7. The number of nitrogens with one attached hydrogen (secondary N) is 2. The zero-order valence-electron chi connectivity index (χ0n) is 12.2. The molecule has 2 N–H and O–H groups in total. The molecule has 6 nitrogen and oxygen atoms in total. The first-order valence-electron chi connectivity index (χ1n) is 6.48. The van der Waals surface area contributed by atoms with Crippen LogP contribution in [0.1, 0.15) is 20.8 Å². The summed E-state index contributed by atoms with van der Waals surface area (Å²) < 4.78 is 9.98. The molecule has 0 fully saturated rings. The van der Waals surface area contributed by atoms with Crippen LogP contribution in [-0.4, -0.2) is 30.9 Å². The summed E-state index contributed by atoms with van der Waals surface area (Å²) in [6.45, 7) is 5.49. The van der Waals surface area contributed by atoms with Gasteiger partial charge in [0.15, 0.2) is 0 Å². The van der Waals surface area contributed by atoms with Crippen LogP contribution in [0.2, 0.25) is 5.02 Å². The third-order valence-electron chi connectivity index (χ3n) is 2.39. The van der Waals surface area contributed by atoms with Gasteiger partial charge in [0.25, 0.3) is 0 Å². The van der Waals surface area contributed by atoms with E-state index in [-0.39, 0.29) is 13.2 Å². The highest BCUT2D eigenvalue weighted by molar-refractivity contribution is 6.30. The molecule has 0 radical (unpaired) electrons. The van der Waals surface area contributed by atoms with E-state index in [9.17, 15) is 9.59 Å². The quantitative estimate of drug-likeness (QED) is 0.873. The van der Waals surface area contributed by atoms with Crippen molar-refractivity contribution in [2.75, 3.05) is 18.5 Å². The topological polar surface area (TPSA) is 76.7 Å². The van der Waals surface area contributed by atoms with Crippen molar-refractivity contribution in [1.82, 2.24) is 5.32 Å². The second-order valence-corrected chi connectivity index (χ2v) is 5.29. The van der Waals surface area contributed by atoms with Gasteiger partial charge in [-0.2, -0.15) is 0 Å². The van der Waals surface area contributed by atoms with Crippen LogP contribution in [0.3, 0.4) is 0 Å². The van der Waals surface area contributed by atoms with Gasteiger partial charge in [-0.15, -0.1) is 0 Å². The molecule has 21 heavy (non-hydrogen) atoms. The number of hydrogen-bond acceptors (Lipinski definition) is 4. The summed E-state index contributed by atoms with van der Waals surface area (Å²) in [7, 11) is 0. The van der Waals surface area contributed by atoms with Gasteiger partial charge in [-0.25, -0.2) is 9.59 Å². The molecule has 0 aliphatic carbocycles. The molecule has 0 saturated carbocycles. The van der Waals surface area contributed by atoms with Crippen LogP contribution >= 0.6 is 11.6 Å². The van der Waals surface area contributed by atoms with Crippen LogP contribution in [0.25, 0.3) is 0 Å². The Kier molecular flexibility index (Phi) is 6.30. The number of halogens is 1. The second-order valence-electron chi connectivity index (χ2n) is 4.86. The minimum atomic E-state index is -0.872. The maximum absolute atomic E-state index is 11.8. The average Bonchev–Trinajstić information content (AvgIpc) is 2.39. The van der Waals surface area contributed by atoms with Gasteiger partial charge in [0.2, 0.25) is 0 Å². The lowest BCUT2D eigenvalue weighted by molar-refractivity contribution is 0.0471. The molecule has 0 aromatic heterocycles. The van der Waals surface area contributed by atoms with Crippen LogP contribution in [-0.2, 0) is 9.47 Å². The zero-order chi connectivity index (χ0) is 15.9. The lowest BCUT2D eigenvalue weighted by Gasteiger charge is -2.25. The van der Waals surface area contributed by atoms with E-state index in [1.165, 1.54) is 0 Å². The first kappa shape index (κ1) is 17.1. The first-order valence-corrected chi connectivity index (χ1v) is 6.86. The van der Waals surface area contributed by atoms with Crippen molar-refractivity contribution >= 4 is 29.5 Å². The molecule has 0 unspecified atom stereocenters. The van der Waals surface area contributed by atoms with Gasteiger partial charge in [0.1, 0.15) is 5.60 Å². The summed E-state index contributed by atoms with van der Waals surface area (Å²) in [6.07, 6.45) is -1.17. The van der Waals surface area contributed by atoms with E-state index < -0.39 is 17.8 Å². The molecule has 0 aliphatic rings. The van der Waals surface area contributed by atoms with Gasteiger partial charge in [-0.3, -0.25) is 5.32 Å². The molecule has 1 aromatic rings. The van der Waals surface area contributed by atoms with Gasteiger partial charge in [0.05, 0.1) is 13.2 Å². The smallest absolute Gasteiger partial charge is 0.412 e. The zero-order valence-corrected chi connectivity index (χ0v) is 13.0. The van der Waals surface area contributed by atoms with Crippen molar-refractivity contribution in [3.05, 3.63) is 29.3 Å². The Morgan fingerprint density at radius 2 is 1.81 bits per heavy atom. The maximum Gasteiger partial charge on any atom is 0.412 e. The molecule has 1 rings (SSSR count). The maximum atomic E-state index is 11.8. The third-order valence-corrected chi connectivity index (χ3v) is 2.65. The highest BCUT2D eigenvalue weighted by Crippen LogP contribution is 2.15. The van der Waals surface area contributed by atoms with E-state index in [0.29, 0.717) is 10.7 Å². The molecule has 0 saturated heterocycles. The fourth-order valence-corrected chi connectivity index (χ4v) is 1.56. The summed E-state index contributed by atoms with van der Waals surface area (Å²) >= 11 is 5.76. The SMILES string of the molecule is CCOC(=O)NCC(C)(C)OC(=O)Nc1ccc(Cl)cc1. The summed E-state index contributed by atoms with van der Waals surface area (Å²) in [6, 6.07) is 6.64. The Balaban J connectivity index is 2.44. The minimum Gasteiger partial charge on any atom is -0.450 e. The molecular formula is C14H19ClN2O4. The fraction of sp³-hybridized carbons (Fsp3) is 0.429. The van der Waals surface area contributed by atoms with Crippen LogP contribution < -0.4 is 10.6 Å². The standard InChI is InChI=1S/C14H19ClN2O4/c1-4-20-12(18)16-9-14(2,3)21-13(19)17-11-7-5-10(15)6-8-11/h5-8H,4,9H2,1-3H3,(H,16,18)(H,17,19). The van der Waals surface area contributed by atoms with E-state index in [1.807, 2.05) is 0 Å². The number of ether oxygens (including phenoxy) is 2. The third kappa shape index (κ3) is 6.85. The number of rotatable bonds is 5. The van der Waals surface area contributed by atoms with E-state index in [1.54, 1.807) is 45.0 Å². The summed E-state index contributed by atoms with van der Waals surface area (Å²) in [4.78, 5) is 23.0. The van der Waals surface area contributed by atoms with Gasteiger partial charge >= 0.3 is 12.2 Å². The van der Waals surface area contributed by atoms with Gasteiger partial charge < -0.3 is 14.8 Å². The Labute approximate surface area is 128 Å². The Morgan fingerprint density at radius 3 is 2.38 bits per heavy atom. The summed E-state index contributed by atoms with van der Waals surface area (Å²) in [5.74, 6) is 0. The van der Waals surface area contributed by atoms with Gasteiger partial charge in [-0.05, 0) is 45.0 Å². The Hall–Kier alpha value is -1.95. The number of alkyl carbamates (subject to hydrolysis) is 1. The first-order chi connectivity index (χ1) is 9.82. The summed E-state index contributed by atoms with van der Waals surface area (Å²) in [5.41, 5.74) is -0.304. The molecule has 0 heterocycles. The number of hydrogen-bond donors (Lipinski definition) is 2. The Bertz CT molecular complexity index is 488. The molecule has 0 aliphatic heterocycles. The average molecular weight is 315 g/mol. The number of anilines is 1. The van der Waals surface area contributed by atoms with E-state index in [4.69, 9.17) is 21.1 Å². The van der Waals surface area contributed by atoms with Crippen molar-refractivity contribution in [1.29, 1.82) is 0 Å². The largest absolute Gasteiger partial charge is 0.450 e. The van der Waals surface area contributed by atoms with E-state index in [2.05, 4.69) is 10.6 Å². The highest BCUT2D eigenvalue weighted by Gasteiger charge is 2.24. The monoisotopic (exact) mass is 314 g/mol.